The van der Waals surface area contributed by atoms with E-state index in [9.17, 15) is 4.79 Å². The van der Waals surface area contributed by atoms with Crippen molar-refractivity contribution < 1.29 is 9.53 Å². The van der Waals surface area contributed by atoms with Gasteiger partial charge in [-0.3, -0.25) is 4.79 Å². The van der Waals surface area contributed by atoms with E-state index >= 15 is 0 Å². The van der Waals surface area contributed by atoms with Crippen molar-refractivity contribution in [1.82, 2.24) is 0 Å². The lowest BCUT2D eigenvalue weighted by Gasteiger charge is -2.14. The van der Waals surface area contributed by atoms with Gasteiger partial charge in [0.1, 0.15) is 6.10 Å². The first-order chi connectivity index (χ1) is 8.60. The molecule has 1 amide bonds. The summed E-state index contributed by atoms with van der Waals surface area (Å²) in [6.45, 7) is 2.45. The first kappa shape index (κ1) is 13.5. The molecule has 4 nitrogen and oxygen atoms in total. The van der Waals surface area contributed by atoms with Crippen LogP contribution in [0.2, 0.25) is 0 Å². The van der Waals surface area contributed by atoms with Gasteiger partial charge >= 0.3 is 0 Å². The largest absolute Gasteiger partial charge is 0.364 e. The Labute approximate surface area is 115 Å². The zero-order valence-electron chi connectivity index (χ0n) is 10.3. The topological polar surface area (TPSA) is 64.4 Å². The smallest absolute Gasteiger partial charge is 0.253 e. The third-order valence-corrected chi connectivity index (χ3v) is 3.73. The molecule has 1 aliphatic heterocycles. The van der Waals surface area contributed by atoms with E-state index in [2.05, 4.69) is 21.2 Å². The summed E-state index contributed by atoms with van der Waals surface area (Å²) in [7, 11) is 0. The number of benzene rings is 1. The summed E-state index contributed by atoms with van der Waals surface area (Å²) < 4.78 is 6.43. The third kappa shape index (κ3) is 3.10. The van der Waals surface area contributed by atoms with Crippen molar-refractivity contribution in [1.29, 1.82) is 0 Å². The first-order valence-electron chi connectivity index (χ1n) is 6.02. The highest BCUT2D eigenvalue weighted by atomic mass is 79.9. The van der Waals surface area contributed by atoms with Crippen molar-refractivity contribution in [2.75, 3.05) is 11.9 Å². The van der Waals surface area contributed by atoms with Crippen LogP contribution in [0, 0.1) is 6.92 Å². The molecule has 5 heteroatoms. The molecule has 1 fully saturated rings. The molecule has 1 aromatic carbocycles. The highest BCUT2D eigenvalue weighted by Crippen LogP contribution is 2.25. The number of nitrogens with two attached hydrogens (primary N) is 1. The molecule has 0 aromatic heterocycles. The van der Waals surface area contributed by atoms with Gasteiger partial charge in [0, 0.05) is 11.0 Å². The molecule has 1 saturated heterocycles. The average molecular weight is 313 g/mol. The number of amides is 1. The van der Waals surface area contributed by atoms with Crippen LogP contribution in [-0.2, 0) is 9.53 Å². The summed E-state index contributed by atoms with van der Waals surface area (Å²) in [5, 5.41) is 2.89. The van der Waals surface area contributed by atoms with Gasteiger partial charge in [0.2, 0.25) is 0 Å². The Hall–Kier alpha value is -0.910. The van der Waals surface area contributed by atoms with Crippen molar-refractivity contribution in [3.63, 3.8) is 0 Å². The van der Waals surface area contributed by atoms with Crippen molar-refractivity contribution in [2.45, 2.75) is 32.0 Å². The summed E-state index contributed by atoms with van der Waals surface area (Å²) in [5.74, 6) is -0.0998. The Kier molecular flexibility index (Phi) is 4.37. The highest BCUT2D eigenvalue weighted by molar-refractivity contribution is 9.10. The number of hydrogen-bond acceptors (Lipinski definition) is 3. The summed E-state index contributed by atoms with van der Waals surface area (Å²) >= 11 is 3.42. The van der Waals surface area contributed by atoms with E-state index in [1.165, 1.54) is 0 Å². The van der Waals surface area contributed by atoms with E-state index in [0.717, 1.165) is 28.6 Å². The number of halogens is 1. The van der Waals surface area contributed by atoms with Gasteiger partial charge in [-0.25, -0.2) is 0 Å². The molecular weight excluding hydrogens is 296 g/mol. The zero-order chi connectivity index (χ0) is 13.1. The lowest BCUT2D eigenvalue weighted by Crippen LogP contribution is -2.29. The molecule has 3 N–H and O–H groups in total. The van der Waals surface area contributed by atoms with Crippen LogP contribution in [0.15, 0.2) is 22.7 Å². The second-order valence-electron chi connectivity index (χ2n) is 4.53. The number of hydrogen-bond donors (Lipinski definition) is 2. The van der Waals surface area contributed by atoms with Crippen LogP contribution in [0.1, 0.15) is 18.4 Å². The number of ether oxygens (including phenoxy) is 1. The molecule has 98 valence electrons. The van der Waals surface area contributed by atoms with Crippen LogP contribution >= 0.6 is 15.9 Å². The Morgan fingerprint density at radius 1 is 1.56 bits per heavy atom. The Balaban J connectivity index is 2.01. The van der Waals surface area contributed by atoms with Crippen LogP contribution in [-0.4, -0.2) is 24.7 Å². The van der Waals surface area contributed by atoms with Crippen molar-refractivity contribution in [3.8, 4) is 0 Å². The molecule has 0 saturated carbocycles. The Morgan fingerprint density at radius 3 is 3.00 bits per heavy atom. The van der Waals surface area contributed by atoms with Gasteiger partial charge in [-0.05, 0) is 53.4 Å². The van der Waals surface area contributed by atoms with E-state index in [4.69, 9.17) is 10.5 Å². The van der Waals surface area contributed by atoms with Crippen LogP contribution in [0.5, 0.6) is 0 Å². The maximum absolute atomic E-state index is 12.0. The molecule has 1 heterocycles. The molecule has 0 aliphatic carbocycles. The molecule has 0 bridgehead atoms. The maximum atomic E-state index is 12.0. The second kappa shape index (κ2) is 5.82. The zero-order valence-corrected chi connectivity index (χ0v) is 11.9. The molecule has 2 atom stereocenters. The summed E-state index contributed by atoms with van der Waals surface area (Å²) in [6, 6.07) is 5.83. The van der Waals surface area contributed by atoms with E-state index in [1.54, 1.807) is 0 Å². The van der Waals surface area contributed by atoms with Gasteiger partial charge in [-0.15, -0.1) is 0 Å². The monoisotopic (exact) mass is 312 g/mol. The molecule has 2 unspecified atom stereocenters. The first-order valence-corrected chi connectivity index (χ1v) is 6.82. The average Bonchev–Trinajstić information content (AvgIpc) is 2.82. The quantitative estimate of drug-likeness (QED) is 0.899. The fourth-order valence-corrected chi connectivity index (χ4v) is 2.37. The second-order valence-corrected chi connectivity index (χ2v) is 5.39. The van der Waals surface area contributed by atoms with Crippen LogP contribution in [0.4, 0.5) is 5.69 Å². The molecule has 0 radical (unpaired) electrons. The number of aryl methyl sites for hydroxylation is 1. The maximum Gasteiger partial charge on any atom is 0.253 e. The van der Waals surface area contributed by atoms with Gasteiger partial charge in [0.05, 0.1) is 11.8 Å². The lowest BCUT2D eigenvalue weighted by molar-refractivity contribution is -0.126. The van der Waals surface area contributed by atoms with Crippen molar-refractivity contribution in [3.05, 3.63) is 28.2 Å². The standard InChI is InChI=1S/C13H17BrN2O2/c1-8-2-4-10(14)11(6-8)16-13(17)12-5-3-9(7-15)18-12/h2,4,6,9,12H,3,5,7,15H2,1H3,(H,16,17). The molecule has 1 aliphatic rings. The summed E-state index contributed by atoms with van der Waals surface area (Å²) in [5.41, 5.74) is 7.40. The highest BCUT2D eigenvalue weighted by Gasteiger charge is 2.30. The van der Waals surface area contributed by atoms with Crippen LogP contribution in [0.3, 0.4) is 0 Å². The van der Waals surface area contributed by atoms with E-state index in [-0.39, 0.29) is 18.1 Å². The number of carbonyl (C=O) groups is 1. The number of rotatable bonds is 3. The third-order valence-electron chi connectivity index (χ3n) is 3.04. The predicted molar refractivity (Wildman–Crippen MR) is 74.5 cm³/mol. The predicted octanol–water partition coefficient (Wildman–Crippen LogP) is 2.20. The molecule has 1 aromatic rings. The molecular formula is C13H17BrN2O2. The van der Waals surface area contributed by atoms with Gasteiger partial charge in [-0.1, -0.05) is 6.07 Å². The van der Waals surface area contributed by atoms with E-state index in [0.29, 0.717) is 6.54 Å². The number of nitrogens with one attached hydrogen (secondary N) is 1. The minimum atomic E-state index is -0.383. The molecule has 18 heavy (non-hydrogen) atoms. The fourth-order valence-electron chi connectivity index (χ4n) is 2.02. The normalized spacial score (nSPS) is 23.1. The summed E-state index contributed by atoms with van der Waals surface area (Å²) in [6.07, 6.45) is 1.22. The van der Waals surface area contributed by atoms with Gasteiger partial charge < -0.3 is 15.8 Å². The Morgan fingerprint density at radius 2 is 2.33 bits per heavy atom. The van der Waals surface area contributed by atoms with Gasteiger partial charge in [0.15, 0.2) is 0 Å². The van der Waals surface area contributed by atoms with Crippen molar-refractivity contribution >= 4 is 27.5 Å². The molecule has 0 spiro atoms. The van der Waals surface area contributed by atoms with Crippen molar-refractivity contribution in [2.24, 2.45) is 5.73 Å². The van der Waals surface area contributed by atoms with Gasteiger partial charge in [-0.2, -0.15) is 0 Å². The SMILES string of the molecule is Cc1ccc(Br)c(NC(=O)C2CCC(CN)O2)c1. The minimum absolute atomic E-state index is 0.0155. The lowest BCUT2D eigenvalue weighted by atomic mass is 10.1. The molecule has 2 rings (SSSR count). The number of anilines is 1. The van der Waals surface area contributed by atoms with Crippen LogP contribution in [0.25, 0.3) is 0 Å². The van der Waals surface area contributed by atoms with E-state index in [1.807, 2.05) is 25.1 Å². The minimum Gasteiger partial charge on any atom is -0.364 e. The number of carbonyl (C=O) groups excluding carboxylic acids is 1. The Bertz CT molecular complexity index is 451. The van der Waals surface area contributed by atoms with Crippen LogP contribution < -0.4 is 11.1 Å². The summed E-state index contributed by atoms with van der Waals surface area (Å²) in [4.78, 5) is 12.0. The van der Waals surface area contributed by atoms with Gasteiger partial charge in [0.25, 0.3) is 5.91 Å². The fraction of sp³-hybridized carbons (Fsp3) is 0.462. The van der Waals surface area contributed by atoms with E-state index < -0.39 is 0 Å².